The number of likely N-dealkylation sites (tertiary alicyclic amines) is 1. The second kappa shape index (κ2) is 6.49. The van der Waals surface area contributed by atoms with Gasteiger partial charge >= 0.3 is 0 Å². The topological polar surface area (TPSA) is 53.0 Å². The first-order valence-electron chi connectivity index (χ1n) is 10.5. The van der Waals surface area contributed by atoms with Crippen LogP contribution in [0.2, 0.25) is 0 Å². The zero-order valence-electron chi connectivity index (χ0n) is 16.1. The van der Waals surface area contributed by atoms with E-state index in [4.69, 9.17) is 4.74 Å². The Hall–Kier alpha value is -1.59. The fraction of sp³-hybridized carbons (Fsp3) is 0.682. The van der Waals surface area contributed by atoms with Gasteiger partial charge in [0.05, 0.1) is 13.2 Å². The van der Waals surface area contributed by atoms with Crippen LogP contribution >= 0.6 is 0 Å². The maximum absolute atomic E-state index is 13.4. The van der Waals surface area contributed by atoms with Crippen molar-refractivity contribution in [3.63, 3.8) is 0 Å². The highest BCUT2D eigenvalue weighted by Crippen LogP contribution is 2.48. The van der Waals surface area contributed by atoms with Crippen molar-refractivity contribution in [2.45, 2.75) is 62.1 Å². The molecule has 0 unspecified atom stereocenters. The fourth-order valence-electron chi connectivity index (χ4n) is 6.26. The third-order valence-electron chi connectivity index (χ3n) is 7.61. The second-order valence-electron chi connectivity index (χ2n) is 8.93. The molecule has 27 heavy (non-hydrogen) atoms. The molecule has 1 saturated carbocycles. The minimum absolute atomic E-state index is 0.00542. The van der Waals surface area contributed by atoms with E-state index in [1.807, 2.05) is 6.07 Å². The molecule has 1 N–H and O–H groups in total. The zero-order chi connectivity index (χ0) is 18.6. The number of aliphatic hydroxyl groups is 1. The molecule has 6 rings (SSSR count). The Balaban J connectivity index is 1.51. The first-order valence-corrected chi connectivity index (χ1v) is 10.5. The number of rotatable bonds is 3. The maximum Gasteiger partial charge on any atom is 0.254 e. The summed E-state index contributed by atoms with van der Waals surface area (Å²) in [4.78, 5) is 18.1. The van der Waals surface area contributed by atoms with Crippen molar-refractivity contribution in [2.75, 3.05) is 26.7 Å². The van der Waals surface area contributed by atoms with Gasteiger partial charge in [-0.15, -0.1) is 0 Å². The highest BCUT2D eigenvalue weighted by molar-refractivity contribution is 5.86. The van der Waals surface area contributed by atoms with Crippen molar-refractivity contribution < 1.29 is 14.6 Å². The maximum atomic E-state index is 13.4. The summed E-state index contributed by atoms with van der Waals surface area (Å²) < 4.78 is 5.45. The van der Waals surface area contributed by atoms with E-state index in [0.717, 1.165) is 38.2 Å². The van der Waals surface area contributed by atoms with Crippen LogP contribution < -0.4 is 4.74 Å². The summed E-state index contributed by atoms with van der Waals surface area (Å²) in [5.74, 6) is 1.74. The van der Waals surface area contributed by atoms with Crippen molar-refractivity contribution >= 4 is 5.91 Å². The van der Waals surface area contributed by atoms with Gasteiger partial charge in [-0.3, -0.25) is 9.69 Å². The molecule has 5 heteroatoms. The van der Waals surface area contributed by atoms with Gasteiger partial charge in [0.2, 0.25) is 0 Å². The minimum atomic E-state index is -1.13. The number of ether oxygens (including phenoxy) is 1. The van der Waals surface area contributed by atoms with Crippen molar-refractivity contribution in [1.29, 1.82) is 0 Å². The van der Waals surface area contributed by atoms with E-state index >= 15 is 0 Å². The molecule has 4 saturated heterocycles. The molecule has 5 fully saturated rings. The molecule has 1 aliphatic carbocycles. The molecule has 5 nitrogen and oxygen atoms in total. The first kappa shape index (κ1) is 17.5. The lowest BCUT2D eigenvalue weighted by Crippen LogP contribution is -2.62. The molecule has 0 spiro atoms. The molecule has 4 heterocycles. The molecule has 1 aromatic rings. The number of benzene rings is 1. The van der Waals surface area contributed by atoms with Gasteiger partial charge in [-0.1, -0.05) is 12.1 Å². The fourth-order valence-corrected chi connectivity index (χ4v) is 6.26. The summed E-state index contributed by atoms with van der Waals surface area (Å²) in [5, 5.41) is 11.0. The Kier molecular flexibility index (Phi) is 4.21. The summed E-state index contributed by atoms with van der Waals surface area (Å²) in [5.41, 5.74) is 0.130. The van der Waals surface area contributed by atoms with E-state index in [1.54, 1.807) is 7.11 Å². The SMILES string of the molecule is COc1cccc([C@@H]2CN(C(=O)C3(O)CCCC3)[C@H]3C4CCN(CC4)[C@@H]23)c1. The summed E-state index contributed by atoms with van der Waals surface area (Å²) in [6.45, 7) is 2.99. The summed E-state index contributed by atoms with van der Waals surface area (Å²) >= 11 is 0. The van der Waals surface area contributed by atoms with Gasteiger partial charge in [-0.2, -0.15) is 0 Å². The third-order valence-corrected chi connectivity index (χ3v) is 7.61. The monoisotopic (exact) mass is 370 g/mol. The van der Waals surface area contributed by atoms with Gasteiger partial charge in [0, 0.05) is 18.5 Å². The average molecular weight is 370 g/mol. The number of piperidine rings is 3. The Morgan fingerprint density at radius 2 is 1.93 bits per heavy atom. The molecule has 4 aliphatic heterocycles. The zero-order valence-corrected chi connectivity index (χ0v) is 16.1. The number of hydrogen-bond donors (Lipinski definition) is 1. The number of carbonyl (C=O) groups excluding carboxylic acids is 1. The molecule has 0 radical (unpaired) electrons. The largest absolute Gasteiger partial charge is 0.497 e. The summed E-state index contributed by atoms with van der Waals surface area (Å²) in [7, 11) is 1.70. The van der Waals surface area contributed by atoms with Gasteiger partial charge < -0.3 is 14.7 Å². The molecular formula is C22H30N2O3. The van der Waals surface area contributed by atoms with Gasteiger partial charge in [0.25, 0.3) is 5.91 Å². The van der Waals surface area contributed by atoms with E-state index in [1.165, 1.54) is 18.4 Å². The lowest BCUT2D eigenvalue weighted by molar-refractivity contribution is -0.155. The molecule has 2 bridgehead atoms. The van der Waals surface area contributed by atoms with Crippen LogP contribution in [0, 0.1) is 5.92 Å². The van der Waals surface area contributed by atoms with Crippen LogP contribution in [0.4, 0.5) is 0 Å². The van der Waals surface area contributed by atoms with Crippen LogP contribution in [0.25, 0.3) is 0 Å². The molecule has 0 aromatic heterocycles. The molecule has 1 aromatic carbocycles. The van der Waals surface area contributed by atoms with Crippen molar-refractivity contribution in [2.24, 2.45) is 5.92 Å². The van der Waals surface area contributed by atoms with Gasteiger partial charge in [-0.25, -0.2) is 0 Å². The minimum Gasteiger partial charge on any atom is -0.497 e. The summed E-state index contributed by atoms with van der Waals surface area (Å²) in [6.07, 6.45) is 5.51. The Morgan fingerprint density at radius 3 is 2.63 bits per heavy atom. The number of hydrogen-bond acceptors (Lipinski definition) is 4. The summed E-state index contributed by atoms with van der Waals surface area (Å²) in [6, 6.07) is 8.96. The quantitative estimate of drug-likeness (QED) is 0.888. The third kappa shape index (κ3) is 2.70. The number of fused-ring (bicyclic) bond motifs is 2. The normalized spacial score (nSPS) is 36.7. The Bertz CT molecular complexity index is 722. The Labute approximate surface area is 161 Å². The smallest absolute Gasteiger partial charge is 0.254 e. The molecule has 1 amide bonds. The highest BCUT2D eigenvalue weighted by Gasteiger charge is 2.57. The number of methoxy groups -OCH3 is 1. The average Bonchev–Trinajstić information content (AvgIpc) is 3.34. The predicted molar refractivity (Wildman–Crippen MR) is 103 cm³/mol. The molecule has 146 valence electrons. The standard InChI is InChI=1S/C22H30N2O3/c1-27-17-6-4-5-16(13-17)18-14-24(21(25)22(26)9-2-3-10-22)19-15-7-11-23(12-8-15)20(18)19/h4-6,13,15,18-20,26H,2-3,7-12,14H2,1H3/t18-,19-,20-/m0/s1. The van der Waals surface area contributed by atoms with Crippen molar-refractivity contribution in [3.05, 3.63) is 29.8 Å². The second-order valence-corrected chi connectivity index (χ2v) is 8.93. The first-order chi connectivity index (χ1) is 13.1. The predicted octanol–water partition coefficient (Wildman–Crippen LogP) is 2.39. The van der Waals surface area contributed by atoms with Gasteiger partial charge in [-0.05, 0) is 75.2 Å². The molecule has 5 aliphatic rings. The van der Waals surface area contributed by atoms with Gasteiger partial charge in [0.15, 0.2) is 0 Å². The van der Waals surface area contributed by atoms with E-state index < -0.39 is 5.60 Å². The highest BCUT2D eigenvalue weighted by atomic mass is 16.5. The van der Waals surface area contributed by atoms with Crippen molar-refractivity contribution in [1.82, 2.24) is 9.80 Å². The lowest BCUT2D eigenvalue weighted by Gasteiger charge is -2.51. The van der Waals surface area contributed by atoms with E-state index in [-0.39, 0.29) is 11.9 Å². The Morgan fingerprint density at radius 1 is 1.19 bits per heavy atom. The van der Waals surface area contributed by atoms with Crippen LogP contribution in [0.5, 0.6) is 5.75 Å². The van der Waals surface area contributed by atoms with Gasteiger partial charge in [0.1, 0.15) is 11.4 Å². The van der Waals surface area contributed by atoms with Crippen molar-refractivity contribution in [3.8, 4) is 5.75 Å². The van der Waals surface area contributed by atoms with Crippen LogP contribution in [0.15, 0.2) is 24.3 Å². The van der Waals surface area contributed by atoms with Crippen LogP contribution in [-0.2, 0) is 4.79 Å². The number of amides is 1. The van der Waals surface area contributed by atoms with Crippen LogP contribution in [0.1, 0.15) is 50.0 Å². The lowest BCUT2D eigenvalue weighted by atomic mass is 9.75. The van der Waals surface area contributed by atoms with Crippen LogP contribution in [0.3, 0.4) is 0 Å². The van der Waals surface area contributed by atoms with Crippen LogP contribution in [-0.4, -0.2) is 65.2 Å². The van der Waals surface area contributed by atoms with E-state index in [9.17, 15) is 9.90 Å². The molecular weight excluding hydrogens is 340 g/mol. The van der Waals surface area contributed by atoms with E-state index in [2.05, 4.69) is 28.0 Å². The molecule has 3 atom stereocenters. The van der Waals surface area contributed by atoms with E-state index in [0.29, 0.717) is 30.7 Å². The number of carbonyl (C=O) groups is 1. The number of nitrogens with zero attached hydrogens (tertiary/aromatic N) is 2.